The van der Waals surface area contributed by atoms with Crippen LogP contribution in [0.4, 0.5) is 0 Å². The van der Waals surface area contributed by atoms with E-state index in [1.54, 1.807) is 15.6 Å². The Morgan fingerprint density at radius 3 is 2.85 bits per heavy atom. The molecule has 0 saturated heterocycles. The molecule has 1 aliphatic rings. The van der Waals surface area contributed by atoms with Crippen LogP contribution in [0.2, 0.25) is 10.0 Å². The summed E-state index contributed by atoms with van der Waals surface area (Å²) in [7, 11) is 2.02. The van der Waals surface area contributed by atoms with Gasteiger partial charge in [0, 0.05) is 38.5 Å². The number of rotatable bonds is 6. The number of nitrogens with zero attached hydrogens (tertiary/aromatic N) is 5. The summed E-state index contributed by atoms with van der Waals surface area (Å²) in [4.78, 5) is 16.9. The third-order valence-corrected chi connectivity index (χ3v) is 6.71. The predicted molar refractivity (Wildman–Crippen MR) is 128 cm³/mol. The normalized spacial score (nSPS) is 21.4. The minimum atomic E-state index is -0.253. The Labute approximate surface area is 205 Å². The molecule has 0 aliphatic carbocycles. The monoisotopic (exact) mass is 497 g/mol. The van der Waals surface area contributed by atoms with Crippen LogP contribution < -0.4 is 0 Å². The predicted octanol–water partition coefficient (Wildman–Crippen LogP) is 3.24. The molecule has 1 N–H and O–H groups in total. The number of amides is 1. The van der Waals surface area contributed by atoms with Crippen LogP contribution in [-0.2, 0) is 29.2 Å². The Morgan fingerprint density at radius 2 is 2.12 bits per heavy atom. The first-order valence-electron chi connectivity index (χ1n) is 11.3. The second-order valence-electron chi connectivity index (χ2n) is 8.93. The van der Waals surface area contributed by atoms with Crippen LogP contribution in [0, 0.1) is 5.92 Å². The molecule has 0 spiro atoms. The topological polar surface area (TPSA) is 83.7 Å². The lowest BCUT2D eigenvalue weighted by molar-refractivity contribution is -0.136. The van der Waals surface area contributed by atoms with E-state index in [1.165, 1.54) is 0 Å². The van der Waals surface area contributed by atoms with Crippen molar-refractivity contribution >= 4 is 29.1 Å². The van der Waals surface area contributed by atoms with E-state index in [-0.39, 0.29) is 30.6 Å². The average Bonchev–Trinajstić information content (AvgIpc) is 3.24. The minimum absolute atomic E-state index is 0.0332. The highest BCUT2D eigenvalue weighted by Gasteiger charge is 2.28. The second kappa shape index (κ2) is 12.1. The smallest absolute Gasteiger partial charge is 0.222 e. The van der Waals surface area contributed by atoms with Crippen molar-refractivity contribution in [1.29, 1.82) is 0 Å². The standard InChI is InChI=1S/C23H33Cl2N5O3/c1-16-10-30(17(2)14-31)23(32)5-4-8-29-12-19(26-27-29)15-33-22(16)13-28(3)11-18-6-7-20(24)21(25)9-18/h6-7,9,12,16-17,22,31H,4-5,8,10-11,13-15H2,1-3H3/t16-,17-,22-/m1/s1. The lowest BCUT2D eigenvalue weighted by Gasteiger charge is -2.35. The summed E-state index contributed by atoms with van der Waals surface area (Å²) in [6, 6.07) is 5.38. The number of hydrogen-bond acceptors (Lipinski definition) is 6. The van der Waals surface area contributed by atoms with Crippen molar-refractivity contribution in [1.82, 2.24) is 24.8 Å². The summed E-state index contributed by atoms with van der Waals surface area (Å²) in [5, 5.41) is 19.1. The molecular formula is C23H33Cl2N5O3. The Balaban J connectivity index is 1.76. The van der Waals surface area contributed by atoms with Gasteiger partial charge in [0.2, 0.25) is 5.91 Å². The molecule has 0 saturated carbocycles. The number of aliphatic hydroxyl groups is 1. The Hall–Kier alpha value is -1.71. The van der Waals surface area contributed by atoms with E-state index in [0.29, 0.717) is 55.7 Å². The lowest BCUT2D eigenvalue weighted by atomic mass is 10.0. The average molecular weight is 498 g/mol. The van der Waals surface area contributed by atoms with Crippen molar-refractivity contribution in [2.45, 2.75) is 58.5 Å². The van der Waals surface area contributed by atoms with Crippen LogP contribution in [0.25, 0.3) is 0 Å². The van der Waals surface area contributed by atoms with Crippen LogP contribution in [0.1, 0.15) is 37.9 Å². The SMILES string of the molecule is C[C@@H]1CN([C@H](C)CO)C(=O)CCCn2cc(nn2)CO[C@@H]1CN(C)Cc1ccc(Cl)c(Cl)c1. The van der Waals surface area contributed by atoms with Gasteiger partial charge in [-0.25, -0.2) is 0 Å². The molecule has 2 aromatic rings. The second-order valence-corrected chi connectivity index (χ2v) is 9.74. The number of carbonyl (C=O) groups is 1. The number of hydrogen-bond donors (Lipinski definition) is 1. The first-order valence-corrected chi connectivity index (χ1v) is 12.1. The maximum absolute atomic E-state index is 12.9. The van der Waals surface area contributed by atoms with E-state index in [4.69, 9.17) is 27.9 Å². The lowest BCUT2D eigenvalue weighted by Crippen LogP contribution is -2.47. The van der Waals surface area contributed by atoms with Gasteiger partial charge < -0.3 is 14.7 Å². The highest BCUT2D eigenvalue weighted by atomic mass is 35.5. The van der Waals surface area contributed by atoms with E-state index >= 15 is 0 Å². The van der Waals surface area contributed by atoms with Gasteiger partial charge in [-0.15, -0.1) is 5.10 Å². The van der Waals surface area contributed by atoms with E-state index in [9.17, 15) is 9.90 Å². The number of halogens is 2. The Bertz CT molecular complexity index is 925. The van der Waals surface area contributed by atoms with E-state index in [0.717, 1.165) is 11.3 Å². The largest absolute Gasteiger partial charge is 0.394 e. The molecule has 2 heterocycles. The molecule has 10 heteroatoms. The van der Waals surface area contributed by atoms with Crippen LogP contribution in [-0.4, -0.2) is 74.7 Å². The van der Waals surface area contributed by atoms with E-state index < -0.39 is 0 Å². The van der Waals surface area contributed by atoms with Crippen molar-refractivity contribution in [3.63, 3.8) is 0 Å². The summed E-state index contributed by atoms with van der Waals surface area (Å²) < 4.78 is 8.06. The van der Waals surface area contributed by atoms with Gasteiger partial charge in [0.05, 0.1) is 41.6 Å². The highest BCUT2D eigenvalue weighted by molar-refractivity contribution is 6.42. The van der Waals surface area contributed by atoms with Gasteiger partial charge in [-0.05, 0) is 38.1 Å². The van der Waals surface area contributed by atoms with Crippen molar-refractivity contribution in [2.24, 2.45) is 5.92 Å². The first-order chi connectivity index (χ1) is 15.8. The maximum Gasteiger partial charge on any atom is 0.222 e. The molecule has 182 valence electrons. The van der Waals surface area contributed by atoms with E-state index in [2.05, 4.69) is 22.1 Å². The van der Waals surface area contributed by atoms with Gasteiger partial charge in [0.1, 0.15) is 5.69 Å². The molecule has 0 radical (unpaired) electrons. The maximum atomic E-state index is 12.9. The van der Waals surface area contributed by atoms with Crippen LogP contribution >= 0.6 is 23.2 Å². The third-order valence-electron chi connectivity index (χ3n) is 5.97. The zero-order valence-electron chi connectivity index (χ0n) is 19.5. The van der Waals surface area contributed by atoms with Crippen LogP contribution in [0.15, 0.2) is 24.4 Å². The molecule has 1 aromatic carbocycles. The molecule has 2 bridgehead atoms. The molecule has 3 atom stereocenters. The van der Waals surface area contributed by atoms with Crippen molar-refractivity contribution in [3.8, 4) is 0 Å². The molecule has 1 aromatic heterocycles. The summed E-state index contributed by atoms with van der Waals surface area (Å²) >= 11 is 12.2. The molecule has 1 amide bonds. The van der Waals surface area contributed by atoms with Crippen molar-refractivity contribution in [3.05, 3.63) is 45.7 Å². The van der Waals surface area contributed by atoms with Crippen LogP contribution in [0.3, 0.4) is 0 Å². The number of fused-ring (bicyclic) bond motifs is 2. The van der Waals surface area contributed by atoms with Gasteiger partial charge in [-0.1, -0.05) is 41.4 Å². The number of aromatic nitrogens is 3. The molecule has 1 aliphatic heterocycles. The first kappa shape index (κ1) is 25.9. The number of ether oxygens (including phenoxy) is 1. The van der Waals surface area contributed by atoms with Crippen molar-refractivity contribution < 1.29 is 14.6 Å². The fraction of sp³-hybridized carbons (Fsp3) is 0.609. The molecule has 33 heavy (non-hydrogen) atoms. The Kier molecular flexibility index (Phi) is 9.52. The third kappa shape index (κ3) is 7.39. The van der Waals surface area contributed by atoms with E-state index in [1.807, 2.05) is 32.3 Å². The number of aliphatic hydroxyl groups excluding tert-OH is 1. The Morgan fingerprint density at radius 1 is 1.33 bits per heavy atom. The zero-order chi connectivity index (χ0) is 24.0. The molecule has 8 nitrogen and oxygen atoms in total. The summed E-state index contributed by atoms with van der Waals surface area (Å²) in [6.07, 6.45) is 2.78. The molecule has 0 fully saturated rings. The van der Waals surface area contributed by atoms with Crippen LogP contribution in [0.5, 0.6) is 0 Å². The number of carbonyl (C=O) groups excluding carboxylic acids is 1. The fourth-order valence-electron chi connectivity index (χ4n) is 4.01. The summed E-state index contributed by atoms with van der Waals surface area (Å²) in [5.41, 5.74) is 1.82. The number of likely N-dealkylation sites (N-methyl/N-ethyl adjacent to an activating group) is 1. The van der Waals surface area contributed by atoms with Gasteiger partial charge in [-0.3, -0.25) is 14.4 Å². The van der Waals surface area contributed by atoms with Gasteiger partial charge in [0.25, 0.3) is 0 Å². The summed E-state index contributed by atoms with van der Waals surface area (Å²) in [5.74, 6) is 0.0703. The van der Waals surface area contributed by atoms with Gasteiger partial charge in [-0.2, -0.15) is 0 Å². The molecule has 3 rings (SSSR count). The summed E-state index contributed by atoms with van der Waals surface area (Å²) in [6.45, 7) is 6.67. The molecule has 0 unspecified atom stereocenters. The minimum Gasteiger partial charge on any atom is -0.394 e. The van der Waals surface area contributed by atoms with Gasteiger partial charge in [0.15, 0.2) is 0 Å². The highest BCUT2D eigenvalue weighted by Crippen LogP contribution is 2.24. The van der Waals surface area contributed by atoms with Gasteiger partial charge >= 0.3 is 0 Å². The molecular weight excluding hydrogens is 465 g/mol. The fourth-order valence-corrected chi connectivity index (χ4v) is 4.34. The number of benzene rings is 1. The van der Waals surface area contributed by atoms with Crippen molar-refractivity contribution in [2.75, 3.05) is 26.7 Å². The zero-order valence-corrected chi connectivity index (χ0v) is 21.0. The quantitative estimate of drug-likeness (QED) is 0.659. The number of aryl methyl sites for hydroxylation is 1.